The van der Waals surface area contributed by atoms with E-state index in [9.17, 15) is 0 Å². The Kier molecular flexibility index (Phi) is 2.21. The van der Waals surface area contributed by atoms with Crippen LogP contribution in [-0.2, 0) is 0 Å². The highest BCUT2D eigenvalue weighted by atomic mass is 14.7. The Morgan fingerprint density at radius 3 is 2.06 bits per heavy atom. The maximum Gasteiger partial charge on any atom is 0.0243 e. The third-order valence-electron chi connectivity index (χ3n) is 5.14. The zero-order valence-electron chi connectivity index (χ0n) is 11.8. The summed E-state index contributed by atoms with van der Waals surface area (Å²) in [5.41, 5.74) is 3.80. The van der Waals surface area contributed by atoms with Crippen molar-refractivity contribution in [2.75, 3.05) is 0 Å². The van der Waals surface area contributed by atoms with E-state index in [1.165, 1.54) is 17.6 Å². The molecule has 0 nitrogen and oxygen atoms in total. The summed E-state index contributed by atoms with van der Waals surface area (Å²) in [5.74, 6) is 0. The second-order valence-electron chi connectivity index (χ2n) is 7.06. The van der Waals surface area contributed by atoms with Crippen LogP contribution in [0.3, 0.4) is 0 Å². The van der Waals surface area contributed by atoms with Crippen molar-refractivity contribution in [2.45, 2.75) is 34.1 Å². The third-order valence-corrected chi connectivity index (χ3v) is 5.14. The van der Waals surface area contributed by atoms with Gasteiger partial charge in [0.25, 0.3) is 0 Å². The van der Waals surface area contributed by atoms with Gasteiger partial charge in [0, 0.05) is 5.41 Å². The number of rotatable bonds is 1. The zero-order valence-corrected chi connectivity index (χ0v) is 11.8. The van der Waals surface area contributed by atoms with Gasteiger partial charge in [-0.2, -0.15) is 0 Å². The Morgan fingerprint density at radius 2 is 1.50 bits per heavy atom. The molecular formula is C18H22. The van der Waals surface area contributed by atoms with Gasteiger partial charge < -0.3 is 0 Å². The van der Waals surface area contributed by atoms with Gasteiger partial charge in [-0.1, -0.05) is 76.3 Å². The highest BCUT2D eigenvalue weighted by molar-refractivity contribution is 5.79. The van der Waals surface area contributed by atoms with Crippen molar-refractivity contribution in [1.29, 1.82) is 0 Å². The molecule has 3 rings (SSSR count). The standard InChI is InChI=1S/C18H22/c1-16(2)13-17(3,4)18(16)12-8-11-15(18)14-9-6-5-7-10-14/h5-12H,13H2,1-4H3. The molecule has 1 fully saturated rings. The first-order valence-corrected chi connectivity index (χ1v) is 6.86. The second kappa shape index (κ2) is 3.38. The molecule has 2 aliphatic rings. The van der Waals surface area contributed by atoms with Crippen molar-refractivity contribution in [1.82, 2.24) is 0 Å². The summed E-state index contributed by atoms with van der Waals surface area (Å²) in [4.78, 5) is 0. The molecule has 1 aromatic rings. The lowest BCUT2D eigenvalue weighted by atomic mass is 9.36. The largest absolute Gasteiger partial charge is 0.0729 e. The van der Waals surface area contributed by atoms with Gasteiger partial charge >= 0.3 is 0 Å². The van der Waals surface area contributed by atoms with Crippen molar-refractivity contribution in [3.8, 4) is 0 Å². The first kappa shape index (κ1) is 11.8. The van der Waals surface area contributed by atoms with Gasteiger partial charge in [-0.25, -0.2) is 0 Å². The Balaban J connectivity index is 2.14. The average molecular weight is 238 g/mol. The molecule has 0 radical (unpaired) electrons. The zero-order chi connectivity index (χ0) is 13.0. The fourth-order valence-electron chi connectivity index (χ4n) is 4.82. The van der Waals surface area contributed by atoms with Crippen LogP contribution in [0.2, 0.25) is 0 Å². The van der Waals surface area contributed by atoms with Crippen LogP contribution in [-0.4, -0.2) is 0 Å². The van der Waals surface area contributed by atoms with Crippen molar-refractivity contribution in [2.24, 2.45) is 16.2 Å². The molecule has 0 amide bonds. The molecule has 94 valence electrons. The van der Waals surface area contributed by atoms with Crippen LogP contribution >= 0.6 is 0 Å². The highest BCUT2D eigenvalue weighted by Crippen LogP contribution is 2.74. The van der Waals surface area contributed by atoms with Gasteiger partial charge in [-0.3, -0.25) is 0 Å². The Morgan fingerprint density at radius 1 is 0.889 bits per heavy atom. The Bertz CT molecular complexity index is 512. The predicted octanol–water partition coefficient (Wildman–Crippen LogP) is 5.08. The average Bonchev–Trinajstić information content (AvgIpc) is 2.76. The highest BCUT2D eigenvalue weighted by Gasteiger charge is 2.65. The maximum atomic E-state index is 2.44. The SMILES string of the molecule is CC1(C)CC(C)(C)C12C=CC=C2c1ccccc1. The van der Waals surface area contributed by atoms with Crippen molar-refractivity contribution < 1.29 is 0 Å². The maximum absolute atomic E-state index is 2.44. The number of hydrogen-bond donors (Lipinski definition) is 0. The van der Waals surface area contributed by atoms with Crippen molar-refractivity contribution in [3.63, 3.8) is 0 Å². The normalized spacial score (nSPS) is 25.9. The van der Waals surface area contributed by atoms with E-state index >= 15 is 0 Å². The first-order chi connectivity index (χ1) is 8.41. The molecular weight excluding hydrogens is 216 g/mol. The van der Waals surface area contributed by atoms with E-state index in [0.29, 0.717) is 10.8 Å². The molecule has 0 aromatic heterocycles. The van der Waals surface area contributed by atoms with Gasteiger partial charge in [0.1, 0.15) is 0 Å². The summed E-state index contributed by atoms with van der Waals surface area (Å²) in [5, 5.41) is 0. The molecule has 0 saturated heterocycles. The molecule has 0 unspecified atom stereocenters. The molecule has 0 heteroatoms. The van der Waals surface area contributed by atoms with Gasteiger partial charge in [0.05, 0.1) is 0 Å². The van der Waals surface area contributed by atoms with Crippen molar-refractivity contribution in [3.05, 3.63) is 54.1 Å². The number of hydrogen-bond acceptors (Lipinski definition) is 0. The van der Waals surface area contributed by atoms with Gasteiger partial charge in [-0.05, 0) is 28.4 Å². The summed E-state index contributed by atoms with van der Waals surface area (Å²) >= 11 is 0. The minimum absolute atomic E-state index is 0.210. The lowest BCUT2D eigenvalue weighted by Gasteiger charge is -2.67. The molecule has 1 spiro atoms. The summed E-state index contributed by atoms with van der Waals surface area (Å²) in [6.45, 7) is 9.63. The topological polar surface area (TPSA) is 0 Å². The molecule has 0 aliphatic heterocycles. The fraction of sp³-hybridized carbons (Fsp3) is 0.444. The van der Waals surface area contributed by atoms with E-state index in [1.54, 1.807) is 0 Å². The van der Waals surface area contributed by atoms with E-state index in [4.69, 9.17) is 0 Å². The minimum atomic E-state index is 0.210. The number of benzene rings is 1. The fourth-order valence-corrected chi connectivity index (χ4v) is 4.82. The van der Waals surface area contributed by atoms with E-state index in [1.807, 2.05) is 0 Å². The Hall–Kier alpha value is -1.30. The lowest BCUT2D eigenvalue weighted by molar-refractivity contribution is -0.101. The first-order valence-electron chi connectivity index (χ1n) is 6.86. The van der Waals surface area contributed by atoms with Gasteiger partial charge in [0.15, 0.2) is 0 Å². The molecule has 0 atom stereocenters. The predicted molar refractivity (Wildman–Crippen MR) is 78.2 cm³/mol. The molecule has 18 heavy (non-hydrogen) atoms. The van der Waals surface area contributed by atoms with E-state index in [0.717, 1.165) is 0 Å². The summed E-state index contributed by atoms with van der Waals surface area (Å²) in [7, 11) is 0. The van der Waals surface area contributed by atoms with Gasteiger partial charge in [0.2, 0.25) is 0 Å². The van der Waals surface area contributed by atoms with Crippen LogP contribution in [0.1, 0.15) is 39.7 Å². The molecule has 0 N–H and O–H groups in total. The third kappa shape index (κ3) is 1.21. The Labute approximate surface area is 110 Å². The minimum Gasteiger partial charge on any atom is -0.0729 e. The molecule has 1 saturated carbocycles. The smallest absolute Gasteiger partial charge is 0.0243 e. The summed E-state index contributed by atoms with van der Waals surface area (Å²) in [6, 6.07) is 10.9. The van der Waals surface area contributed by atoms with E-state index < -0.39 is 0 Å². The lowest BCUT2D eigenvalue weighted by Crippen LogP contribution is -2.59. The molecule has 2 aliphatic carbocycles. The molecule has 1 aromatic carbocycles. The molecule has 0 heterocycles. The second-order valence-corrected chi connectivity index (χ2v) is 7.06. The van der Waals surface area contributed by atoms with Crippen LogP contribution < -0.4 is 0 Å². The quantitative estimate of drug-likeness (QED) is 0.640. The van der Waals surface area contributed by atoms with Crippen molar-refractivity contribution >= 4 is 5.57 Å². The molecule has 0 bridgehead atoms. The van der Waals surface area contributed by atoms with Gasteiger partial charge in [-0.15, -0.1) is 0 Å². The van der Waals surface area contributed by atoms with Crippen LogP contribution in [0.15, 0.2) is 48.6 Å². The van der Waals surface area contributed by atoms with E-state index in [2.05, 4.69) is 76.3 Å². The van der Waals surface area contributed by atoms with Crippen LogP contribution in [0.5, 0.6) is 0 Å². The monoisotopic (exact) mass is 238 g/mol. The van der Waals surface area contributed by atoms with Crippen LogP contribution in [0.4, 0.5) is 0 Å². The summed E-state index contributed by atoms with van der Waals surface area (Å²) in [6.07, 6.45) is 8.30. The van der Waals surface area contributed by atoms with E-state index in [-0.39, 0.29) is 5.41 Å². The van der Waals surface area contributed by atoms with Crippen LogP contribution in [0.25, 0.3) is 5.57 Å². The number of allylic oxidation sites excluding steroid dienone is 4. The summed E-state index contributed by atoms with van der Waals surface area (Å²) < 4.78 is 0. The van der Waals surface area contributed by atoms with Crippen LogP contribution in [0, 0.1) is 16.2 Å².